The Balaban J connectivity index is 3.63. The molecule has 1 aromatic rings. The lowest BCUT2D eigenvalue weighted by Gasteiger charge is -2.38. The fourth-order valence-corrected chi connectivity index (χ4v) is 8.66. The maximum atomic E-state index is 14.0. The molecule has 126 valence electrons. The van der Waals surface area contributed by atoms with E-state index < -0.39 is 42.4 Å². The lowest BCUT2D eigenvalue weighted by molar-refractivity contribution is 0.460. The smallest absolute Gasteiger partial charge is 0.176 e. The maximum absolute atomic E-state index is 14.0. The maximum Gasteiger partial charge on any atom is 0.176 e. The second-order valence-electron chi connectivity index (χ2n) is 6.90. The monoisotopic (exact) mass is 342 g/mol. The predicted molar refractivity (Wildman–Crippen MR) is 92.4 cm³/mol. The molecule has 0 aliphatic heterocycles. The van der Waals surface area contributed by atoms with Gasteiger partial charge in [0.25, 0.3) is 0 Å². The fourth-order valence-electron chi connectivity index (χ4n) is 3.45. The van der Waals surface area contributed by atoms with Crippen LogP contribution in [0.4, 0.5) is 17.6 Å². The molecule has 0 unspecified atom stereocenters. The van der Waals surface area contributed by atoms with Crippen molar-refractivity contribution in [2.24, 2.45) is 0 Å². The van der Waals surface area contributed by atoms with E-state index in [0.717, 1.165) is 7.85 Å². The van der Waals surface area contributed by atoms with E-state index in [-0.39, 0.29) is 16.6 Å². The molecule has 0 aliphatic carbocycles. The molecule has 0 atom stereocenters. The van der Waals surface area contributed by atoms with Gasteiger partial charge in [0.05, 0.1) is 0 Å². The average Bonchev–Trinajstić information content (AvgIpc) is 2.45. The first-order valence-corrected chi connectivity index (χ1v) is 10.1. The predicted octanol–water partition coefficient (Wildman–Crippen LogP) is 4.07. The second-order valence-corrected chi connectivity index (χ2v) is 12.5. The quantitative estimate of drug-likeness (QED) is 0.336. The lowest BCUT2D eigenvalue weighted by atomic mass is 9.92. The molecule has 1 rings (SSSR count). The van der Waals surface area contributed by atoms with Gasteiger partial charge < -0.3 is 0 Å². The molecule has 0 bridgehead atoms. The summed E-state index contributed by atoms with van der Waals surface area (Å²) in [6.45, 7) is 12.3. The molecule has 0 saturated carbocycles. The summed E-state index contributed by atoms with van der Waals surface area (Å²) in [6.07, 6.45) is 0. The Morgan fingerprint density at radius 2 is 1.09 bits per heavy atom. The Kier molecular flexibility index (Phi) is 6.14. The fraction of sp³-hybridized carbons (Fsp3) is 0.529. The molecule has 1 aromatic carbocycles. The van der Waals surface area contributed by atoms with Crippen LogP contribution in [-0.2, 0) is 0 Å². The third-order valence-corrected chi connectivity index (χ3v) is 11.0. The van der Waals surface area contributed by atoms with Crippen molar-refractivity contribution in [2.75, 3.05) is 0 Å². The van der Waals surface area contributed by atoms with Crippen LogP contribution >= 0.6 is 0 Å². The van der Waals surface area contributed by atoms with Crippen LogP contribution in [0.5, 0.6) is 0 Å². The average molecular weight is 342 g/mol. The van der Waals surface area contributed by atoms with E-state index >= 15 is 0 Å². The highest BCUT2D eigenvalue weighted by Gasteiger charge is 2.41. The van der Waals surface area contributed by atoms with Crippen molar-refractivity contribution in [3.63, 3.8) is 0 Å². The molecule has 0 spiro atoms. The van der Waals surface area contributed by atoms with Crippen molar-refractivity contribution < 1.29 is 17.6 Å². The van der Waals surface area contributed by atoms with E-state index in [4.69, 9.17) is 0 Å². The SMILES string of the molecule is Bc1c(F)c(F)c(C#C[Si](C(C)C)(C(C)C)C(C)C)c(F)c1F. The van der Waals surface area contributed by atoms with E-state index in [1.54, 1.807) is 0 Å². The van der Waals surface area contributed by atoms with Gasteiger partial charge in [-0.2, -0.15) is 0 Å². The zero-order valence-electron chi connectivity index (χ0n) is 14.7. The molecule has 0 amide bonds. The van der Waals surface area contributed by atoms with Gasteiger partial charge in [-0.15, -0.1) is 5.54 Å². The highest BCUT2D eigenvalue weighted by molar-refractivity contribution is 6.90. The van der Waals surface area contributed by atoms with E-state index in [0.29, 0.717) is 0 Å². The van der Waals surface area contributed by atoms with Crippen LogP contribution in [0.1, 0.15) is 47.1 Å². The van der Waals surface area contributed by atoms with Gasteiger partial charge >= 0.3 is 0 Å². The van der Waals surface area contributed by atoms with Crippen molar-refractivity contribution in [2.45, 2.75) is 58.2 Å². The molecule has 0 fully saturated rings. The summed E-state index contributed by atoms with van der Waals surface area (Å²) < 4.78 is 55.4. The summed E-state index contributed by atoms with van der Waals surface area (Å²) in [6, 6.07) is 0. The third kappa shape index (κ3) is 3.35. The number of benzene rings is 1. The van der Waals surface area contributed by atoms with Gasteiger partial charge in [0.1, 0.15) is 21.5 Å². The highest BCUT2D eigenvalue weighted by atomic mass is 28.3. The summed E-state index contributed by atoms with van der Waals surface area (Å²) in [7, 11) is -1.24. The van der Waals surface area contributed by atoms with Crippen LogP contribution in [0.3, 0.4) is 0 Å². The van der Waals surface area contributed by atoms with Gasteiger partial charge in [-0.1, -0.05) is 47.5 Å². The van der Waals surface area contributed by atoms with Crippen molar-refractivity contribution in [1.82, 2.24) is 0 Å². The van der Waals surface area contributed by atoms with Gasteiger partial charge in [-0.3, -0.25) is 0 Å². The van der Waals surface area contributed by atoms with Crippen LogP contribution in [0, 0.1) is 34.7 Å². The van der Waals surface area contributed by atoms with Gasteiger partial charge in [-0.05, 0) is 22.1 Å². The normalized spacial score (nSPS) is 12.0. The summed E-state index contributed by atoms with van der Waals surface area (Å²) in [5.74, 6) is -3.11. The van der Waals surface area contributed by atoms with Gasteiger partial charge in [0.15, 0.2) is 23.3 Å². The molecule has 0 radical (unpaired) electrons. The van der Waals surface area contributed by atoms with Crippen molar-refractivity contribution >= 4 is 21.4 Å². The Bertz CT molecular complexity index is 606. The summed E-state index contributed by atoms with van der Waals surface area (Å²) in [5.41, 5.74) is 2.37. The zero-order valence-corrected chi connectivity index (χ0v) is 15.7. The second kappa shape index (κ2) is 7.13. The van der Waals surface area contributed by atoms with E-state index in [9.17, 15) is 17.6 Å². The molecule has 0 aromatic heterocycles. The summed E-state index contributed by atoms with van der Waals surface area (Å²) >= 11 is 0. The molecule has 0 saturated heterocycles. The van der Waals surface area contributed by atoms with Crippen molar-refractivity contribution in [1.29, 1.82) is 0 Å². The minimum Gasteiger partial charge on any atom is -0.204 e. The number of halogens is 4. The summed E-state index contributed by atoms with van der Waals surface area (Å²) in [5, 5.41) is 0. The molecule has 0 nitrogen and oxygen atoms in total. The van der Waals surface area contributed by atoms with Crippen LogP contribution in [0.15, 0.2) is 0 Å². The van der Waals surface area contributed by atoms with Crippen LogP contribution in [-0.4, -0.2) is 15.9 Å². The van der Waals surface area contributed by atoms with Crippen LogP contribution < -0.4 is 5.46 Å². The topological polar surface area (TPSA) is 0 Å². The first kappa shape index (κ1) is 19.8. The number of hydrogen-bond donors (Lipinski definition) is 0. The van der Waals surface area contributed by atoms with E-state index in [2.05, 4.69) is 11.5 Å². The molecule has 0 heterocycles. The minimum atomic E-state index is -2.24. The van der Waals surface area contributed by atoms with Crippen molar-refractivity contribution in [3.8, 4) is 11.5 Å². The van der Waals surface area contributed by atoms with E-state index in [1.165, 1.54) is 0 Å². The largest absolute Gasteiger partial charge is 0.204 e. The third-order valence-electron chi connectivity index (χ3n) is 4.75. The van der Waals surface area contributed by atoms with Gasteiger partial charge in [0, 0.05) is 0 Å². The van der Waals surface area contributed by atoms with Gasteiger partial charge in [0.2, 0.25) is 0 Å². The molecular formula is C17H23BF4Si. The number of hydrogen-bond acceptors (Lipinski definition) is 0. The molecule has 6 heteroatoms. The first-order valence-electron chi connectivity index (χ1n) is 7.84. The van der Waals surface area contributed by atoms with Crippen molar-refractivity contribution in [3.05, 3.63) is 28.8 Å². The Morgan fingerprint density at radius 1 is 0.739 bits per heavy atom. The van der Waals surface area contributed by atoms with E-state index in [1.807, 2.05) is 41.5 Å². The summed E-state index contributed by atoms with van der Waals surface area (Å²) in [4.78, 5) is 0. The Hall–Kier alpha value is -1.22. The van der Waals surface area contributed by atoms with Crippen LogP contribution in [0.2, 0.25) is 16.6 Å². The molecule has 23 heavy (non-hydrogen) atoms. The van der Waals surface area contributed by atoms with Gasteiger partial charge in [-0.25, -0.2) is 17.6 Å². The number of rotatable bonds is 3. The minimum absolute atomic E-state index is 0.251. The lowest BCUT2D eigenvalue weighted by Crippen LogP contribution is -2.43. The molecular weight excluding hydrogens is 319 g/mol. The van der Waals surface area contributed by atoms with Crippen LogP contribution in [0.25, 0.3) is 0 Å². The highest BCUT2D eigenvalue weighted by Crippen LogP contribution is 2.40. The molecule has 0 aliphatic rings. The standard InChI is InChI=1S/C17H23BF4Si/c1-9(2)23(10(3)4,11(5)6)8-7-12-14(19)16(21)13(18)17(22)15(12)20/h9-11H,18H2,1-6H3. The zero-order chi connectivity index (χ0) is 18.1. The Morgan fingerprint density at radius 3 is 1.39 bits per heavy atom. The molecule has 0 N–H and O–H groups in total. The first-order chi connectivity index (χ1) is 10.5. The Labute approximate surface area is 138 Å².